The Morgan fingerprint density at radius 2 is 1.72 bits per heavy atom. The second-order valence-corrected chi connectivity index (χ2v) is 4.93. The lowest BCUT2D eigenvalue weighted by molar-refractivity contribution is 0.598. The maximum Gasteiger partial charge on any atom is 0.0969 e. The fourth-order valence-corrected chi connectivity index (χ4v) is 2.62. The molecule has 2 atom stereocenters. The van der Waals surface area contributed by atoms with Gasteiger partial charge in [0.05, 0.1) is 6.17 Å². The van der Waals surface area contributed by atoms with E-state index in [0.29, 0.717) is 12.1 Å². The predicted molar refractivity (Wildman–Crippen MR) is 76.9 cm³/mol. The molecule has 0 bridgehead atoms. The normalized spacial score (nSPS) is 21.8. The molecule has 0 fully saturated rings. The summed E-state index contributed by atoms with van der Waals surface area (Å²) in [6.07, 6.45) is 1.41. The van der Waals surface area contributed by atoms with Crippen LogP contribution in [0.5, 0.6) is 0 Å². The SMILES string of the molecule is CC1CC(Nc2ccccc2)Nc2ccccc21. The van der Waals surface area contributed by atoms with E-state index in [1.54, 1.807) is 0 Å². The summed E-state index contributed by atoms with van der Waals surface area (Å²) in [6.45, 7) is 2.29. The lowest BCUT2D eigenvalue weighted by atomic mass is 9.91. The first kappa shape index (κ1) is 11.1. The fraction of sp³-hybridized carbons (Fsp3) is 0.250. The molecular formula is C16H18N2. The summed E-state index contributed by atoms with van der Waals surface area (Å²) in [5.74, 6) is 0.587. The quantitative estimate of drug-likeness (QED) is 0.825. The van der Waals surface area contributed by atoms with Crippen molar-refractivity contribution in [2.45, 2.75) is 25.4 Å². The Kier molecular flexibility index (Phi) is 2.93. The number of benzene rings is 2. The van der Waals surface area contributed by atoms with E-state index in [2.05, 4.69) is 66.1 Å². The third-order valence-corrected chi connectivity index (χ3v) is 3.53. The van der Waals surface area contributed by atoms with E-state index < -0.39 is 0 Å². The minimum atomic E-state index is 0.303. The predicted octanol–water partition coefficient (Wildman–Crippen LogP) is 4.04. The number of rotatable bonds is 2. The lowest BCUT2D eigenvalue weighted by Crippen LogP contribution is -2.34. The average Bonchev–Trinajstić information content (AvgIpc) is 2.40. The Morgan fingerprint density at radius 3 is 2.56 bits per heavy atom. The van der Waals surface area contributed by atoms with Crippen LogP contribution in [-0.4, -0.2) is 6.17 Å². The molecule has 1 aliphatic rings. The van der Waals surface area contributed by atoms with E-state index >= 15 is 0 Å². The van der Waals surface area contributed by atoms with Crippen molar-refractivity contribution >= 4 is 11.4 Å². The molecule has 1 aliphatic heterocycles. The van der Waals surface area contributed by atoms with Gasteiger partial charge in [-0.3, -0.25) is 0 Å². The maximum atomic E-state index is 3.56. The lowest BCUT2D eigenvalue weighted by Gasteiger charge is -2.32. The largest absolute Gasteiger partial charge is 0.365 e. The Balaban J connectivity index is 1.78. The van der Waals surface area contributed by atoms with Crippen molar-refractivity contribution < 1.29 is 0 Å². The molecular weight excluding hydrogens is 220 g/mol. The highest BCUT2D eigenvalue weighted by Gasteiger charge is 2.22. The summed E-state index contributed by atoms with van der Waals surface area (Å²) in [5, 5.41) is 7.11. The zero-order chi connectivity index (χ0) is 12.4. The van der Waals surface area contributed by atoms with Crippen molar-refractivity contribution in [2.24, 2.45) is 0 Å². The van der Waals surface area contributed by atoms with Crippen LogP contribution in [0.1, 0.15) is 24.8 Å². The molecule has 2 unspecified atom stereocenters. The molecule has 2 heteroatoms. The summed E-state index contributed by atoms with van der Waals surface area (Å²) in [6, 6.07) is 18.9. The Labute approximate surface area is 108 Å². The smallest absolute Gasteiger partial charge is 0.0969 e. The summed E-state index contributed by atoms with van der Waals surface area (Å²) in [5.41, 5.74) is 3.84. The zero-order valence-electron chi connectivity index (χ0n) is 10.6. The standard InChI is InChI=1S/C16H18N2/c1-12-11-16(17-13-7-3-2-4-8-13)18-15-10-6-5-9-14(12)15/h2-10,12,16-18H,11H2,1H3. The van der Waals surface area contributed by atoms with Gasteiger partial charge in [-0.05, 0) is 36.1 Å². The van der Waals surface area contributed by atoms with Gasteiger partial charge in [0.2, 0.25) is 0 Å². The number of hydrogen-bond acceptors (Lipinski definition) is 2. The third kappa shape index (κ3) is 2.19. The first-order valence-corrected chi connectivity index (χ1v) is 6.50. The minimum absolute atomic E-state index is 0.303. The fourth-order valence-electron chi connectivity index (χ4n) is 2.62. The molecule has 2 aromatic carbocycles. The van der Waals surface area contributed by atoms with Gasteiger partial charge in [0.25, 0.3) is 0 Å². The second-order valence-electron chi connectivity index (χ2n) is 4.93. The van der Waals surface area contributed by atoms with Crippen molar-refractivity contribution in [3.63, 3.8) is 0 Å². The van der Waals surface area contributed by atoms with Gasteiger partial charge in [0.1, 0.15) is 0 Å². The van der Waals surface area contributed by atoms with Crippen LogP contribution in [0.15, 0.2) is 54.6 Å². The molecule has 3 rings (SSSR count). The molecule has 0 spiro atoms. The van der Waals surface area contributed by atoms with Crippen molar-refractivity contribution in [1.82, 2.24) is 0 Å². The Morgan fingerprint density at radius 1 is 1.00 bits per heavy atom. The van der Waals surface area contributed by atoms with Crippen LogP contribution in [0.25, 0.3) is 0 Å². The van der Waals surface area contributed by atoms with E-state index in [4.69, 9.17) is 0 Å². The van der Waals surface area contributed by atoms with E-state index in [1.807, 2.05) is 6.07 Å². The highest BCUT2D eigenvalue weighted by Crippen LogP contribution is 2.33. The van der Waals surface area contributed by atoms with Gasteiger partial charge in [-0.15, -0.1) is 0 Å². The van der Waals surface area contributed by atoms with Gasteiger partial charge in [-0.2, -0.15) is 0 Å². The van der Waals surface area contributed by atoms with Gasteiger partial charge in [-0.25, -0.2) is 0 Å². The molecule has 0 amide bonds. The average molecular weight is 238 g/mol. The molecule has 2 aromatic rings. The summed E-state index contributed by atoms with van der Waals surface area (Å²) in [4.78, 5) is 0. The van der Waals surface area contributed by atoms with Crippen LogP contribution in [0.4, 0.5) is 11.4 Å². The van der Waals surface area contributed by atoms with Crippen LogP contribution in [0.2, 0.25) is 0 Å². The van der Waals surface area contributed by atoms with Crippen molar-refractivity contribution in [2.75, 3.05) is 10.6 Å². The number of anilines is 2. The van der Waals surface area contributed by atoms with Gasteiger partial charge in [-0.1, -0.05) is 43.3 Å². The van der Waals surface area contributed by atoms with Crippen molar-refractivity contribution in [3.05, 3.63) is 60.2 Å². The molecule has 0 radical (unpaired) electrons. The summed E-state index contributed by atoms with van der Waals surface area (Å²) >= 11 is 0. The molecule has 0 aliphatic carbocycles. The first-order valence-electron chi connectivity index (χ1n) is 6.50. The van der Waals surface area contributed by atoms with E-state index in [0.717, 1.165) is 6.42 Å². The topological polar surface area (TPSA) is 24.1 Å². The highest BCUT2D eigenvalue weighted by atomic mass is 15.1. The van der Waals surface area contributed by atoms with Gasteiger partial charge >= 0.3 is 0 Å². The van der Waals surface area contributed by atoms with Crippen LogP contribution in [0, 0.1) is 0 Å². The third-order valence-electron chi connectivity index (χ3n) is 3.53. The molecule has 18 heavy (non-hydrogen) atoms. The van der Waals surface area contributed by atoms with Crippen LogP contribution in [0.3, 0.4) is 0 Å². The van der Waals surface area contributed by atoms with E-state index in [9.17, 15) is 0 Å². The van der Waals surface area contributed by atoms with Gasteiger partial charge < -0.3 is 10.6 Å². The molecule has 1 heterocycles. The highest BCUT2D eigenvalue weighted by molar-refractivity contribution is 5.57. The van der Waals surface area contributed by atoms with Crippen LogP contribution in [-0.2, 0) is 0 Å². The molecule has 0 aromatic heterocycles. The van der Waals surface area contributed by atoms with Crippen LogP contribution < -0.4 is 10.6 Å². The Hall–Kier alpha value is -1.96. The maximum absolute atomic E-state index is 3.56. The first-order chi connectivity index (χ1) is 8.83. The summed E-state index contributed by atoms with van der Waals surface area (Å²) in [7, 11) is 0. The van der Waals surface area contributed by atoms with E-state index in [1.165, 1.54) is 16.9 Å². The molecule has 2 nitrogen and oxygen atoms in total. The molecule has 92 valence electrons. The number of para-hydroxylation sites is 2. The Bertz CT molecular complexity index is 522. The number of nitrogens with one attached hydrogen (secondary N) is 2. The summed E-state index contributed by atoms with van der Waals surface area (Å²) < 4.78 is 0. The van der Waals surface area contributed by atoms with Gasteiger partial charge in [0, 0.05) is 11.4 Å². The number of fused-ring (bicyclic) bond motifs is 1. The second kappa shape index (κ2) is 4.73. The monoisotopic (exact) mass is 238 g/mol. The van der Waals surface area contributed by atoms with E-state index in [-0.39, 0.29) is 0 Å². The molecule has 2 N–H and O–H groups in total. The van der Waals surface area contributed by atoms with Crippen molar-refractivity contribution in [1.29, 1.82) is 0 Å². The molecule has 0 saturated heterocycles. The minimum Gasteiger partial charge on any atom is -0.365 e. The number of hydrogen-bond donors (Lipinski definition) is 2. The van der Waals surface area contributed by atoms with Gasteiger partial charge in [0.15, 0.2) is 0 Å². The van der Waals surface area contributed by atoms with Crippen molar-refractivity contribution in [3.8, 4) is 0 Å². The molecule has 0 saturated carbocycles. The van der Waals surface area contributed by atoms with Crippen LogP contribution >= 0.6 is 0 Å². The zero-order valence-corrected chi connectivity index (χ0v) is 10.6.